The van der Waals surface area contributed by atoms with Gasteiger partial charge in [-0.25, -0.2) is 0 Å². The Kier molecular flexibility index (Phi) is 6.73. The molecule has 0 radical (unpaired) electrons. The second kappa shape index (κ2) is 9.66. The normalized spacial score (nSPS) is 17.2. The number of hydrogen-bond acceptors (Lipinski definition) is 5. The van der Waals surface area contributed by atoms with Crippen molar-refractivity contribution in [3.8, 4) is 11.3 Å². The summed E-state index contributed by atoms with van der Waals surface area (Å²) < 4.78 is 5.85. The number of halogens is 1. The average molecular weight is 455 g/mol. The van der Waals surface area contributed by atoms with Crippen LogP contribution in [0.5, 0.6) is 0 Å². The highest BCUT2D eigenvalue weighted by Gasteiger charge is 2.35. The molecule has 6 nitrogen and oxygen atoms in total. The molecule has 160 valence electrons. The zero-order valence-corrected chi connectivity index (χ0v) is 18.8. The fourth-order valence-electron chi connectivity index (χ4n) is 3.35. The molecule has 3 heterocycles. The molecular weight excluding hydrogens is 432 g/mol. The van der Waals surface area contributed by atoms with Gasteiger partial charge >= 0.3 is 0 Å². The third-order valence-electron chi connectivity index (χ3n) is 5.03. The Balaban J connectivity index is 1.47. The molecule has 8 heteroatoms. The molecule has 2 aromatic rings. The van der Waals surface area contributed by atoms with Crippen molar-refractivity contribution >= 4 is 51.4 Å². The molecule has 0 atom stereocenters. The number of amides is 1. The number of carbonyl (C=O) groups is 1. The summed E-state index contributed by atoms with van der Waals surface area (Å²) in [6.45, 7) is 2.20. The van der Waals surface area contributed by atoms with E-state index in [1.54, 1.807) is 24.3 Å². The number of fused-ring (bicyclic) bond motifs is 1. The van der Waals surface area contributed by atoms with E-state index in [0.717, 1.165) is 29.9 Å². The van der Waals surface area contributed by atoms with Crippen molar-refractivity contribution in [2.24, 2.45) is 10.1 Å². The highest BCUT2D eigenvalue weighted by atomic mass is 35.5. The van der Waals surface area contributed by atoms with E-state index >= 15 is 0 Å². The van der Waals surface area contributed by atoms with Gasteiger partial charge in [-0.1, -0.05) is 44.2 Å². The van der Waals surface area contributed by atoms with Crippen LogP contribution < -0.4 is 0 Å². The van der Waals surface area contributed by atoms with Crippen molar-refractivity contribution in [3.05, 3.63) is 52.8 Å². The van der Waals surface area contributed by atoms with Gasteiger partial charge in [-0.3, -0.25) is 10.2 Å². The molecule has 0 fully saturated rings. The lowest BCUT2D eigenvalue weighted by molar-refractivity contribution is -0.114. The van der Waals surface area contributed by atoms with Crippen LogP contribution in [0.4, 0.5) is 0 Å². The molecule has 1 amide bonds. The molecule has 4 rings (SSSR count). The molecule has 0 aliphatic carbocycles. The quantitative estimate of drug-likeness (QED) is 0.360. The zero-order chi connectivity index (χ0) is 21.8. The van der Waals surface area contributed by atoms with E-state index in [-0.39, 0.29) is 11.4 Å². The number of nitrogens with zero attached hydrogens (tertiary/aromatic N) is 3. The molecule has 0 spiro atoms. The van der Waals surface area contributed by atoms with Crippen molar-refractivity contribution in [1.82, 2.24) is 5.01 Å². The number of unbranched alkanes of at least 4 members (excludes halogenated alkanes) is 4. The van der Waals surface area contributed by atoms with Gasteiger partial charge in [0.2, 0.25) is 5.17 Å². The number of furan rings is 1. The summed E-state index contributed by atoms with van der Waals surface area (Å²) in [5.41, 5.74) is 1.04. The first-order valence-electron chi connectivity index (χ1n) is 10.4. The summed E-state index contributed by atoms with van der Waals surface area (Å²) in [5.74, 6) is 0.701. The smallest absolute Gasteiger partial charge is 0.283 e. The van der Waals surface area contributed by atoms with Crippen LogP contribution >= 0.6 is 23.4 Å². The number of amidine groups is 2. The number of hydrazone groups is 1. The summed E-state index contributed by atoms with van der Waals surface area (Å²) in [7, 11) is 0. The molecular formula is C23H23ClN4O2S. The van der Waals surface area contributed by atoms with Crippen LogP contribution in [0, 0.1) is 5.41 Å². The van der Waals surface area contributed by atoms with Crippen LogP contribution in [0.3, 0.4) is 0 Å². The van der Waals surface area contributed by atoms with Crippen LogP contribution in [0.25, 0.3) is 17.4 Å². The molecule has 0 saturated carbocycles. The van der Waals surface area contributed by atoms with Crippen molar-refractivity contribution in [1.29, 1.82) is 5.41 Å². The van der Waals surface area contributed by atoms with Gasteiger partial charge in [0.05, 0.1) is 5.57 Å². The summed E-state index contributed by atoms with van der Waals surface area (Å²) in [5, 5.41) is 16.5. The highest BCUT2D eigenvalue weighted by molar-refractivity contribution is 8.26. The van der Waals surface area contributed by atoms with Gasteiger partial charge in [0.15, 0.2) is 5.84 Å². The van der Waals surface area contributed by atoms with Crippen molar-refractivity contribution < 1.29 is 9.21 Å². The predicted molar refractivity (Wildman–Crippen MR) is 128 cm³/mol. The first-order valence-corrected chi connectivity index (χ1v) is 11.6. The van der Waals surface area contributed by atoms with E-state index in [2.05, 4.69) is 17.0 Å². The Hall–Kier alpha value is -2.64. The van der Waals surface area contributed by atoms with E-state index in [1.807, 2.05) is 18.2 Å². The molecule has 0 unspecified atom stereocenters. The minimum atomic E-state index is -0.451. The number of hydrogen-bond donors (Lipinski definition) is 1. The number of rotatable bonds is 8. The predicted octanol–water partition coefficient (Wildman–Crippen LogP) is 6.58. The van der Waals surface area contributed by atoms with E-state index in [1.165, 1.54) is 36.0 Å². The van der Waals surface area contributed by atoms with E-state index in [4.69, 9.17) is 21.4 Å². The van der Waals surface area contributed by atoms with Gasteiger partial charge in [-0.2, -0.15) is 15.1 Å². The van der Waals surface area contributed by atoms with Crippen molar-refractivity contribution in [2.75, 3.05) is 0 Å². The van der Waals surface area contributed by atoms with Gasteiger partial charge < -0.3 is 4.42 Å². The van der Waals surface area contributed by atoms with Gasteiger partial charge in [0.25, 0.3) is 5.91 Å². The first kappa shape index (κ1) is 21.6. The van der Waals surface area contributed by atoms with Crippen LogP contribution in [-0.4, -0.2) is 27.0 Å². The molecule has 2 aliphatic rings. The van der Waals surface area contributed by atoms with Gasteiger partial charge in [0, 0.05) is 10.6 Å². The SMILES string of the molecule is CCCCCCCC1=NN2C(=N)/C(=C/c3ccc(-c4ccc(Cl)cc4)o3)C(=O)N=C2S1. The Bertz CT molecular complexity index is 1090. The zero-order valence-electron chi connectivity index (χ0n) is 17.2. The Morgan fingerprint density at radius 1 is 1.13 bits per heavy atom. The molecule has 1 N–H and O–H groups in total. The maximum absolute atomic E-state index is 12.6. The number of thioether (sulfide) groups is 1. The molecule has 2 aliphatic heterocycles. The highest BCUT2D eigenvalue weighted by Crippen LogP contribution is 2.31. The summed E-state index contributed by atoms with van der Waals surface area (Å²) >= 11 is 7.32. The number of nitrogens with one attached hydrogen (secondary N) is 1. The molecule has 0 bridgehead atoms. The lowest BCUT2D eigenvalue weighted by atomic mass is 10.1. The van der Waals surface area contributed by atoms with Crippen LogP contribution in [0.1, 0.15) is 51.2 Å². The molecule has 1 aromatic heterocycles. The second-order valence-corrected chi connectivity index (χ2v) is 8.86. The van der Waals surface area contributed by atoms with Crippen molar-refractivity contribution in [2.45, 2.75) is 45.4 Å². The maximum atomic E-state index is 12.6. The number of carbonyl (C=O) groups excluding carboxylic acids is 1. The molecule has 0 saturated heterocycles. The van der Waals surface area contributed by atoms with Crippen LogP contribution in [0.2, 0.25) is 5.02 Å². The van der Waals surface area contributed by atoms with Gasteiger partial charge in [0.1, 0.15) is 16.6 Å². The largest absolute Gasteiger partial charge is 0.457 e. The van der Waals surface area contributed by atoms with E-state index in [9.17, 15) is 4.79 Å². The number of benzene rings is 1. The minimum Gasteiger partial charge on any atom is -0.457 e. The number of aliphatic imine (C=N–C) groups is 1. The summed E-state index contributed by atoms with van der Waals surface area (Å²) in [4.78, 5) is 16.7. The van der Waals surface area contributed by atoms with E-state index < -0.39 is 5.91 Å². The average Bonchev–Trinajstić information content (AvgIpc) is 3.39. The monoisotopic (exact) mass is 454 g/mol. The van der Waals surface area contributed by atoms with Gasteiger partial charge in [-0.05, 0) is 67.1 Å². The minimum absolute atomic E-state index is 0.0212. The fourth-order valence-corrected chi connectivity index (χ4v) is 4.41. The molecule has 1 aromatic carbocycles. The summed E-state index contributed by atoms with van der Waals surface area (Å²) in [6.07, 6.45) is 8.29. The van der Waals surface area contributed by atoms with E-state index in [0.29, 0.717) is 21.7 Å². The maximum Gasteiger partial charge on any atom is 0.283 e. The third kappa shape index (κ3) is 4.99. The fraction of sp³-hybridized carbons (Fsp3) is 0.304. The lowest BCUT2D eigenvalue weighted by Gasteiger charge is -2.19. The van der Waals surface area contributed by atoms with Crippen molar-refractivity contribution in [3.63, 3.8) is 0 Å². The lowest BCUT2D eigenvalue weighted by Crippen LogP contribution is -2.35. The Morgan fingerprint density at radius 3 is 2.68 bits per heavy atom. The third-order valence-corrected chi connectivity index (χ3v) is 6.25. The summed E-state index contributed by atoms with van der Waals surface area (Å²) in [6, 6.07) is 10.9. The molecule has 31 heavy (non-hydrogen) atoms. The van der Waals surface area contributed by atoms with Crippen LogP contribution in [0.15, 0.2) is 56.5 Å². The second-order valence-electron chi connectivity index (χ2n) is 7.39. The standard InChI is InChI=1S/C23H23ClN4O2S/c1-2-3-4-5-6-7-20-27-28-21(25)18(22(29)26-23(28)31-20)14-17-12-13-19(30-17)15-8-10-16(24)11-9-15/h8-14,25H,2-7H2,1H3/b18-14-,25-21?. The Labute approximate surface area is 190 Å². The Morgan fingerprint density at radius 2 is 1.90 bits per heavy atom. The van der Waals surface area contributed by atoms with Gasteiger partial charge in [-0.15, -0.1) is 0 Å². The first-order chi connectivity index (χ1) is 15.0. The topological polar surface area (TPSA) is 82.0 Å². The van der Waals surface area contributed by atoms with Crippen LogP contribution in [-0.2, 0) is 4.79 Å².